The van der Waals surface area contributed by atoms with Gasteiger partial charge >= 0.3 is 12.4 Å². The lowest BCUT2D eigenvalue weighted by Crippen LogP contribution is -2.54. The Kier molecular flexibility index (Phi) is 7.19. The van der Waals surface area contributed by atoms with Gasteiger partial charge in [-0.15, -0.1) is 0 Å². The number of benzene rings is 3. The third-order valence-electron chi connectivity index (χ3n) is 7.53. The van der Waals surface area contributed by atoms with Crippen LogP contribution < -0.4 is 10.6 Å². The number of nitrogens with one attached hydrogen (secondary N) is 2. The van der Waals surface area contributed by atoms with Gasteiger partial charge in [0.15, 0.2) is 0 Å². The lowest BCUT2D eigenvalue weighted by atomic mass is 9.80. The van der Waals surface area contributed by atoms with Gasteiger partial charge in [0.1, 0.15) is 0 Å². The summed E-state index contributed by atoms with van der Waals surface area (Å²) >= 11 is 0. The predicted molar refractivity (Wildman–Crippen MR) is 132 cm³/mol. The molecule has 2 N–H and O–H groups in total. The first-order chi connectivity index (χ1) is 18.5. The van der Waals surface area contributed by atoms with Gasteiger partial charge in [-0.25, -0.2) is 0 Å². The Morgan fingerprint density at radius 1 is 0.872 bits per heavy atom. The summed E-state index contributed by atoms with van der Waals surface area (Å²) < 4.78 is 86.2. The number of carbonyl (C=O) groups is 1. The fourth-order valence-electron chi connectivity index (χ4n) is 5.73. The summed E-state index contributed by atoms with van der Waals surface area (Å²) in [5.41, 5.74) is -2.32. The Morgan fingerprint density at radius 2 is 1.46 bits per heavy atom. The summed E-state index contributed by atoms with van der Waals surface area (Å²) in [4.78, 5) is 13.3. The first-order valence-electron chi connectivity index (χ1n) is 12.5. The van der Waals surface area contributed by atoms with Crippen molar-refractivity contribution >= 4 is 11.6 Å². The van der Waals surface area contributed by atoms with Crippen LogP contribution >= 0.6 is 0 Å². The molecule has 2 aliphatic heterocycles. The van der Waals surface area contributed by atoms with Gasteiger partial charge in [-0.1, -0.05) is 48.5 Å². The van der Waals surface area contributed by atoms with E-state index in [1.807, 2.05) is 48.5 Å². The van der Waals surface area contributed by atoms with Crippen LogP contribution in [0.5, 0.6) is 0 Å². The number of hydrogen-bond donors (Lipinski definition) is 2. The number of halogens is 6. The van der Waals surface area contributed by atoms with Crippen LogP contribution in [0.4, 0.5) is 32.0 Å². The minimum absolute atomic E-state index is 0.106. The first kappa shape index (κ1) is 27.2. The van der Waals surface area contributed by atoms with E-state index >= 15 is 0 Å². The van der Waals surface area contributed by atoms with Crippen molar-refractivity contribution in [2.24, 2.45) is 5.92 Å². The molecule has 0 spiro atoms. The number of rotatable bonds is 6. The van der Waals surface area contributed by atoms with Crippen molar-refractivity contribution in [1.82, 2.24) is 5.32 Å². The van der Waals surface area contributed by atoms with Crippen LogP contribution in [-0.2, 0) is 34.0 Å². The standard InChI is InChI=1S/C29H26F6N2O2/c30-28(31,32)20-13-18(14-21(15-20)29(33,34)35)17-39-25-12-11-24-23(26(38)36-22-9-5-2-6-10-22)16-27(25,37-24)19-7-3-1-4-8-19/h1-10,13-15,23-25,37H,11-12,16-17H2,(H,36,38). The monoisotopic (exact) mass is 548 g/mol. The highest BCUT2D eigenvalue weighted by Gasteiger charge is 2.56. The summed E-state index contributed by atoms with van der Waals surface area (Å²) in [6.45, 7) is -0.445. The molecule has 4 nitrogen and oxygen atoms in total. The SMILES string of the molecule is O=C(Nc1ccccc1)C1CC2(c3ccccc3)NC1CCC2OCc1cc(C(F)(F)F)cc(C(F)(F)F)c1. The number of ether oxygens (including phenoxy) is 1. The van der Waals surface area contributed by atoms with E-state index in [-0.39, 0.29) is 23.6 Å². The maximum Gasteiger partial charge on any atom is 0.416 e. The van der Waals surface area contributed by atoms with Gasteiger partial charge < -0.3 is 15.4 Å². The lowest BCUT2D eigenvalue weighted by molar-refractivity contribution is -0.143. The molecule has 2 saturated heterocycles. The van der Waals surface area contributed by atoms with Crippen molar-refractivity contribution in [3.05, 3.63) is 101 Å². The second-order valence-corrected chi connectivity index (χ2v) is 10.0. The third-order valence-corrected chi connectivity index (χ3v) is 7.53. The topological polar surface area (TPSA) is 50.4 Å². The molecule has 1 amide bonds. The van der Waals surface area contributed by atoms with E-state index in [0.717, 1.165) is 5.56 Å². The van der Waals surface area contributed by atoms with E-state index in [1.54, 1.807) is 12.1 Å². The predicted octanol–water partition coefficient (Wildman–Crippen LogP) is 6.92. The molecule has 0 aromatic heterocycles. The number of fused-ring (bicyclic) bond motifs is 2. The van der Waals surface area contributed by atoms with Crippen LogP contribution in [0.2, 0.25) is 0 Å². The molecule has 4 atom stereocenters. The third kappa shape index (κ3) is 5.67. The summed E-state index contributed by atoms with van der Waals surface area (Å²) in [6, 6.07) is 19.6. The van der Waals surface area contributed by atoms with Crippen molar-refractivity contribution in [2.75, 3.05) is 5.32 Å². The molecular weight excluding hydrogens is 522 g/mol. The normalized spacial score (nSPS) is 24.9. The number of hydrogen-bond acceptors (Lipinski definition) is 3. The highest BCUT2D eigenvalue weighted by atomic mass is 19.4. The van der Waals surface area contributed by atoms with Gasteiger partial charge in [0.05, 0.1) is 35.3 Å². The van der Waals surface area contributed by atoms with Crippen LogP contribution in [0.25, 0.3) is 0 Å². The van der Waals surface area contributed by atoms with E-state index in [9.17, 15) is 31.1 Å². The van der Waals surface area contributed by atoms with Gasteiger partial charge in [-0.3, -0.25) is 4.79 Å². The second kappa shape index (κ2) is 10.3. The molecule has 0 aliphatic carbocycles. The minimum Gasteiger partial charge on any atom is -0.371 e. The van der Waals surface area contributed by atoms with Crippen molar-refractivity contribution in [1.29, 1.82) is 0 Å². The Hall–Kier alpha value is -3.37. The second-order valence-electron chi connectivity index (χ2n) is 10.0. The molecule has 2 fully saturated rings. The molecule has 10 heteroatoms. The molecular formula is C29H26F6N2O2. The summed E-state index contributed by atoms with van der Waals surface area (Å²) in [7, 11) is 0. The molecule has 0 radical (unpaired) electrons. The van der Waals surface area contributed by atoms with E-state index in [2.05, 4.69) is 10.6 Å². The molecule has 2 heterocycles. The molecule has 0 saturated carbocycles. The van der Waals surface area contributed by atoms with Crippen molar-refractivity contribution in [2.45, 2.75) is 55.9 Å². The van der Waals surface area contributed by atoms with E-state index in [1.165, 1.54) is 0 Å². The van der Waals surface area contributed by atoms with Crippen LogP contribution in [-0.4, -0.2) is 18.1 Å². The van der Waals surface area contributed by atoms with Crippen molar-refractivity contribution < 1.29 is 35.9 Å². The number of anilines is 1. The molecule has 5 rings (SSSR count). The Bertz CT molecular complexity index is 1280. The maximum atomic E-state index is 13.4. The van der Waals surface area contributed by atoms with Gasteiger partial charge in [-0.2, -0.15) is 26.3 Å². The lowest BCUT2D eigenvalue weighted by Gasteiger charge is -2.42. The Morgan fingerprint density at radius 3 is 2.05 bits per heavy atom. The van der Waals surface area contributed by atoms with Crippen LogP contribution in [0.15, 0.2) is 78.9 Å². The van der Waals surface area contributed by atoms with Crippen LogP contribution in [0.1, 0.15) is 41.5 Å². The van der Waals surface area contributed by atoms with Crippen LogP contribution in [0, 0.1) is 5.92 Å². The number of alkyl halides is 6. The fourth-order valence-corrected chi connectivity index (χ4v) is 5.73. The zero-order chi connectivity index (χ0) is 27.8. The smallest absolute Gasteiger partial charge is 0.371 e. The zero-order valence-corrected chi connectivity index (χ0v) is 20.7. The van der Waals surface area contributed by atoms with Gasteiger partial charge in [0.2, 0.25) is 5.91 Å². The average Bonchev–Trinajstić information content (AvgIpc) is 3.22. The highest BCUT2D eigenvalue weighted by Crippen LogP contribution is 2.48. The molecule has 2 aliphatic rings. The molecule has 206 valence electrons. The minimum atomic E-state index is -4.94. The molecule has 3 aromatic carbocycles. The van der Waals surface area contributed by atoms with Gasteiger partial charge in [0.25, 0.3) is 0 Å². The van der Waals surface area contributed by atoms with E-state index in [4.69, 9.17) is 4.74 Å². The quantitative estimate of drug-likeness (QED) is 0.329. The van der Waals surface area contributed by atoms with E-state index in [0.29, 0.717) is 37.1 Å². The summed E-state index contributed by atoms with van der Waals surface area (Å²) in [6.07, 6.45) is -9.07. The fraction of sp³-hybridized carbons (Fsp3) is 0.345. The molecule has 3 aromatic rings. The highest BCUT2D eigenvalue weighted by molar-refractivity contribution is 5.93. The molecule has 2 bridgehead atoms. The van der Waals surface area contributed by atoms with Crippen molar-refractivity contribution in [3.63, 3.8) is 0 Å². The largest absolute Gasteiger partial charge is 0.416 e. The zero-order valence-electron chi connectivity index (χ0n) is 20.7. The number of piperidine rings is 1. The summed E-state index contributed by atoms with van der Waals surface area (Å²) in [5, 5.41) is 6.49. The van der Waals surface area contributed by atoms with E-state index < -0.39 is 47.6 Å². The maximum absolute atomic E-state index is 13.4. The summed E-state index contributed by atoms with van der Waals surface area (Å²) in [5.74, 6) is -0.575. The Labute approximate surface area is 221 Å². The number of para-hydroxylation sites is 1. The van der Waals surface area contributed by atoms with Gasteiger partial charge in [-0.05, 0) is 60.7 Å². The molecule has 4 unspecified atom stereocenters. The first-order valence-corrected chi connectivity index (χ1v) is 12.5. The van der Waals surface area contributed by atoms with Crippen molar-refractivity contribution in [3.8, 4) is 0 Å². The number of carbonyl (C=O) groups excluding carboxylic acids is 1. The molecule has 39 heavy (non-hydrogen) atoms. The Balaban J connectivity index is 1.42. The number of amides is 1. The van der Waals surface area contributed by atoms with Gasteiger partial charge in [0, 0.05) is 11.7 Å². The average molecular weight is 549 g/mol. The van der Waals surface area contributed by atoms with Crippen LogP contribution in [0.3, 0.4) is 0 Å².